The van der Waals surface area contributed by atoms with E-state index in [1.807, 2.05) is 18.2 Å². The van der Waals surface area contributed by atoms with E-state index in [2.05, 4.69) is 31.9 Å². The number of benzene rings is 1. The zero-order chi connectivity index (χ0) is 15.2. The lowest BCUT2D eigenvalue weighted by atomic mass is 9.89. The van der Waals surface area contributed by atoms with Gasteiger partial charge in [-0.15, -0.1) is 0 Å². The lowest BCUT2D eigenvalue weighted by Gasteiger charge is -2.42. The van der Waals surface area contributed by atoms with Crippen LogP contribution in [0.5, 0.6) is 5.75 Å². The van der Waals surface area contributed by atoms with E-state index >= 15 is 0 Å². The Labute approximate surface area is 122 Å². The van der Waals surface area contributed by atoms with E-state index < -0.39 is 0 Å². The fraction of sp³-hybridized carbons (Fsp3) is 0.625. The van der Waals surface area contributed by atoms with Crippen molar-refractivity contribution in [2.75, 3.05) is 34.4 Å². The van der Waals surface area contributed by atoms with Gasteiger partial charge < -0.3 is 15.2 Å². The van der Waals surface area contributed by atoms with Crippen LogP contribution in [0.3, 0.4) is 0 Å². The highest BCUT2D eigenvalue weighted by atomic mass is 16.5. The van der Waals surface area contributed by atoms with Crippen molar-refractivity contribution < 1.29 is 9.47 Å². The van der Waals surface area contributed by atoms with Crippen LogP contribution in [0.4, 0.5) is 0 Å². The van der Waals surface area contributed by atoms with Gasteiger partial charge >= 0.3 is 0 Å². The number of rotatable bonds is 8. The Morgan fingerprint density at radius 1 is 1.30 bits per heavy atom. The zero-order valence-electron chi connectivity index (χ0n) is 13.3. The summed E-state index contributed by atoms with van der Waals surface area (Å²) >= 11 is 0. The Balaban J connectivity index is 2.93. The summed E-state index contributed by atoms with van der Waals surface area (Å²) in [7, 11) is 5.53. The number of ether oxygens (including phenoxy) is 2. The number of methoxy groups -OCH3 is 2. The van der Waals surface area contributed by atoms with E-state index in [-0.39, 0.29) is 5.54 Å². The molecule has 0 radical (unpaired) electrons. The van der Waals surface area contributed by atoms with Crippen LogP contribution in [-0.2, 0) is 11.2 Å². The standard InChI is InChI=1S/C16H28N2O2/c1-13(11-19-4)18(3)16(2,12-17)10-14-8-6-7-9-15(14)20-5/h6-9,13H,10-12,17H2,1-5H3. The van der Waals surface area contributed by atoms with E-state index in [0.717, 1.165) is 12.2 Å². The molecule has 2 N–H and O–H groups in total. The fourth-order valence-corrected chi connectivity index (χ4v) is 2.49. The molecule has 1 aromatic rings. The van der Waals surface area contributed by atoms with Gasteiger partial charge in [-0.05, 0) is 38.9 Å². The van der Waals surface area contributed by atoms with Crippen LogP contribution < -0.4 is 10.5 Å². The largest absolute Gasteiger partial charge is 0.496 e. The number of nitrogens with two attached hydrogens (primary N) is 1. The predicted molar refractivity (Wildman–Crippen MR) is 83.3 cm³/mol. The van der Waals surface area contributed by atoms with Crippen LogP contribution in [0, 0.1) is 0 Å². The molecule has 0 saturated heterocycles. The molecule has 2 atom stereocenters. The maximum Gasteiger partial charge on any atom is 0.122 e. The number of likely N-dealkylation sites (N-methyl/N-ethyl adjacent to an activating group) is 1. The van der Waals surface area contributed by atoms with Crippen LogP contribution in [0.25, 0.3) is 0 Å². The Hall–Kier alpha value is -1.10. The van der Waals surface area contributed by atoms with Gasteiger partial charge in [0, 0.05) is 25.2 Å². The molecule has 0 amide bonds. The van der Waals surface area contributed by atoms with Crippen LogP contribution in [-0.4, -0.2) is 50.9 Å². The molecule has 2 unspecified atom stereocenters. The van der Waals surface area contributed by atoms with Gasteiger partial charge in [-0.1, -0.05) is 18.2 Å². The Morgan fingerprint density at radius 3 is 2.50 bits per heavy atom. The molecular formula is C16H28N2O2. The molecular weight excluding hydrogens is 252 g/mol. The molecule has 1 aromatic carbocycles. The second-order valence-electron chi connectivity index (χ2n) is 5.60. The van der Waals surface area contributed by atoms with Crippen LogP contribution in [0.15, 0.2) is 24.3 Å². The normalized spacial score (nSPS) is 15.9. The molecule has 1 rings (SSSR count). The average Bonchev–Trinajstić information content (AvgIpc) is 2.47. The first kappa shape index (κ1) is 17.0. The molecule has 0 aliphatic heterocycles. The second-order valence-corrected chi connectivity index (χ2v) is 5.60. The first-order valence-electron chi connectivity index (χ1n) is 7.02. The molecule has 4 heteroatoms. The monoisotopic (exact) mass is 280 g/mol. The first-order chi connectivity index (χ1) is 9.48. The Kier molecular flexibility index (Phi) is 6.46. The molecule has 0 aromatic heterocycles. The van der Waals surface area contributed by atoms with E-state index in [0.29, 0.717) is 19.2 Å². The maximum absolute atomic E-state index is 6.06. The highest BCUT2D eigenvalue weighted by Crippen LogP contribution is 2.26. The van der Waals surface area contributed by atoms with Gasteiger partial charge in [0.15, 0.2) is 0 Å². The first-order valence-corrected chi connectivity index (χ1v) is 7.02. The SMILES string of the molecule is COCC(C)N(C)C(C)(CN)Cc1ccccc1OC. The molecule has 0 spiro atoms. The highest BCUT2D eigenvalue weighted by molar-refractivity contribution is 5.34. The fourth-order valence-electron chi connectivity index (χ4n) is 2.49. The smallest absolute Gasteiger partial charge is 0.122 e. The third-order valence-electron chi connectivity index (χ3n) is 4.12. The van der Waals surface area contributed by atoms with Gasteiger partial charge in [-0.3, -0.25) is 4.90 Å². The Bertz CT molecular complexity index is 411. The molecule has 114 valence electrons. The van der Waals surface area contributed by atoms with E-state index in [1.54, 1.807) is 14.2 Å². The zero-order valence-corrected chi connectivity index (χ0v) is 13.3. The number of para-hydroxylation sites is 1. The molecule has 0 saturated carbocycles. The molecule has 20 heavy (non-hydrogen) atoms. The minimum Gasteiger partial charge on any atom is -0.496 e. The van der Waals surface area contributed by atoms with Crippen LogP contribution in [0.2, 0.25) is 0 Å². The van der Waals surface area contributed by atoms with Gasteiger partial charge in [0.2, 0.25) is 0 Å². The summed E-state index contributed by atoms with van der Waals surface area (Å²) in [5.41, 5.74) is 7.11. The summed E-state index contributed by atoms with van der Waals surface area (Å²) in [6, 6.07) is 8.42. The van der Waals surface area contributed by atoms with Crippen molar-refractivity contribution in [3.8, 4) is 5.75 Å². The van der Waals surface area contributed by atoms with Gasteiger partial charge in [-0.25, -0.2) is 0 Å². The quantitative estimate of drug-likeness (QED) is 0.790. The van der Waals surface area contributed by atoms with Crippen molar-refractivity contribution >= 4 is 0 Å². The molecule has 0 bridgehead atoms. The predicted octanol–water partition coefficient (Wildman–Crippen LogP) is 1.92. The van der Waals surface area contributed by atoms with Crippen molar-refractivity contribution in [3.63, 3.8) is 0 Å². The van der Waals surface area contributed by atoms with Crippen molar-refractivity contribution in [2.24, 2.45) is 5.73 Å². The van der Waals surface area contributed by atoms with Gasteiger partial charge in [0.25, 0.3) is 0 Å². The van der Waals surface area contributed by atoms with Crippen LogP contribution in [0.1, 0.15) is 19.4 Å². The summed E-state index contributed by atoms with van der Waals surface area (Å²) in [4.78, 5) is 2.29. The van der Waals surface area contributed by atoms with Gasteiger partial charge in [0.1, 0.15) is 5.75 Å². The summed E-state index contributed by atoms with van der Waals surface area (Å²) in [6.07, 6.45) is 0.845. The number of hydrogen-bond donors (Lipinski definition) is 1. The molecule has 0 aliphatic carbocycles. The minimum atomic E-state index is -0.132. The van der Waals surface area contributed by atoms with Crippen molar-refractivity contribution in [1.82, 2.24) is 4.90 Å². The second kappa shape index (κ2) is 7.62. The summed E-state index contributed by atoms with van der Waals surface area (Å²) in [5, 5.41) is 0. The topological polar surface area (TPSA) is 47.7 Å². The third kappa shape index (κ3) is 3.95. The average molecular weight is 280 g/mol. The number of hydrogen-bond acceptors (Lipinski definition) is 4. The van der Waals surface area contributed by atoms with Crippen molar-refractivity contribution in [2.45, 2.75) is 31.8 Å². The molecule has 0 fully saturated rings. The molecule has 0 heterocycles. The lowest BCUT2D eigenvalue weighted by Crippen LogP contribution is -2.55. The van der Waals surface area contributed by atoms with E-state index in [9.17, 15) is 0 Å². The van der Waals surface area contributed by atoms with Crippen LogP contribution >= 0.6 is 0 Å². The third-order valence-corrected chi connectivity index (χ3v) is 4.12. The minimum absolute atomic E-state index is 0.132. The van der Waals surface area contributed by atoms with E-state index in [1.165, 1.54) is 5.56 Å². The Morgan fingerprint density at radius 2 is 1.95 bits per heavy atom. The highest BCUT2D eigenvalue weighted by Gasteiger charge is 2.32. The number of nitrogens with zero attached hydrogens (tertiary/aromatic N) is 1. The van der Waals surface area contributed by atoms with Crippen molar-refractivity contribution in [1.29, 1.82) is 0 Å². The maximum atomic E-state index is 6.06. The molecule has 4 nitrogen and oxygen atoms in total. The summed E-state index contributed by atoms with van der Waals surface area (Å²) < 4.78 is 10.7. The van der Waals surface area contributed by atoms with E-state index in [4.69, 9.17) is 15.2 Å². The van der Waals surface area contributed by atoms with Gasteiger partial charge in [-0.2, -0.15) is 0 Å². The summed E-state index contributed by atoms with van der Waals surface area (Å²) in [5.74, 6) is 0.917. The summed E-state index contributed by atoms with van der Waals surface area (Å²) in [6.45, 7) is 5.61. The molecule has 0 aliphatic rings. The van der Waals surface area contributed by atoms with Gasteiger partial charge in [0.05, 0.1) is 13.7 Å². The lowest BCUT2D eigenvalue weighted by molar-refractivity contribution is 0.0472. The van der Waals surface area contributed by atoms with Crippen molar-refractivity contribution in [3.05, 3.63) is 29.8 Å².